The number of likely N-dealkylation sites (tertiary alicyclic amines) is 1. The van der Waals surface area contributed by atoms with Gasteiger partial charge in [-0.1, -0.05) is 25.3 Å². The van der Waals surface area contributed by atoms with Gasteiger partial charge < -0.3 is 24.4 Å². The van der Waals surface area contributed by atoms with Crippen LogP contribution in [0, 0.1) is 0 Å². The van der Waals surface area contributed by atoms with E-state index in [4.69, 9.17) is 14.2 Å². The number of aliphatic imine (C=N–C) groups is 1. The fraction of sp³-hybridized carbons (Fsp3) is 0.462. The number of methoxy groups -OCH3 is 1. The molecule has 0 aliphatic carbocycles. The lowest BCUT2D eigenvalue weighted by atomic mass is 10.1. The van der Waals surface area contributed by atoms with Crippen LogP contribution in [-0.4, -0.2) is 55.2 Å². The van der Waals surface area contributed by atoms with Gasteiger partial charge in [-0.2, -0.15) is 4.39 Å². The average Bonchev–Trinajstić information content (AvgIpc) is 3.25. The Balaban J connectivity index is 2.07. The molecule has 7 nitrogen and oxygen atoms in total. The van der Waals surface area contributed by atoms with Crippen molar-refractivity contribution in [2.45, 2.75) is 51.9 Å². The normalized spacial score (nSPS) is 18.1. The van der Waals surface area contributed by atoms with Crippen LogP contribution in [0.1, 0.15) is 45.7 Å². The van der Waals surface area contributed by atoms with Crippen LogP contribution >= 0.6 is 0 Å². The second-order valence-corrected chi connectivity index (χ2v) is 8.74. The SMILES string of the molecule is C=CN=C(C(F)=C(C=C)OCC(C)(C)OC)N1CCC(Oc2ccc(C(C)NC(C)=O)cc2)C1. The lowest BCUT2D eigenvalue weighted by Crippen LogP contribution is -2.33. The van der Waals surface area contributed by atoms with Gasteiger partial charge in [0, 0.05) is 33.2 Å². The summed E-state index contributed by atoms with van der Waals surface area (Å²) in [4.78, 5) is 17.2. The third-order valence-corrected chi connectivity index (χ3v) is 5.49. The molecule has 1 aromatic carbocycles. The van der Waals surface area contributed by atoms with Crippen LogP contribution in [0.5, 0.6) is 5.75 Å². The van der Waals surface area contributed by atoms with Gasteiger partial charge in [-0.15, -0.1) is 0 Å². The summed E-state index contributed by atoms with van der Waals surface area (Å²) in [6.45, 7) is 15.6. The van der Waals surface area contributed by atoms with Gasteiger partial charge in [0.2, 0.25) is 11.7 Å². The molecule has 1 saturated heterocycles. The highest BCUT2D eigenvalue weighted by atomic mass is 19.1. The lowest BCUT2D eigenvalue weighted by molar-refractivity contribution is -0.119. The van der Waals surface area contributed by atoms with Crippen LogP contribution in [0.25, 0.3) is 0 Å². The van der Waals surface area contributed by atoms with Crippen molar-refractivity contribution in [1.82, 2.24) is 10.2 Å². The fourth-order valence-corrected chi connectivity index (χ4v) is 3.43. The van der Waals surface area contributed by atoms with Crippen LogP contribution < -0.4 is 10.1 Å². The molecule has 0 saturated carbocycles. The first kappa shape index (κ1) is 27.1. The van der Waals surface area contributed by atoms with E-state index in [1.807, 2.05) is 49.9 Å². The quantitative estimate of drug-likeness (QED) is 0.219. The summed E-state index contributed by atoms with van der Waals surface area (Å²) in [5.41, 5.74) is 0.406. The third kappa shape index (κ3) is 7.73. The van der Waals surface area contributed by atoms with Gasteiger partial charge in [0.1, 0.15) is 18.5 Å². The minimum absolute atomic E-state index is 0.000952. The first-order chi connectivity index (χ1) is 16.1. The summed E-state index contributed by atoms with van der Waals surface area (Å²) in [6, 6.07) is 7.50. The van der Waals surface area contributed by atoms with Crippen LogP contribution in [0.3, 0.4) is 0 Å². The zero-order chi connectivity index (χ0) is 25.3. The summed E-state index contributed by atoms with van der Waals surface area (Å²) in [5.74, 6) is 0.147. The van der Waals surface area contributed by atoms with Crippen molar-refractivity contribution in [2.24, 2.45) is 4.99 Å². The van der Waals surface area contributed by atoms with Crippen molar-refractivity contribution in [1.29, 1.82) is 0 Å². The van der Waals surface area contributed by atoms with Crippen molar-refractivity contribution < 1.29 is 23.4 Å². The number of hydrogen-bond donors (Lipinski definition) is 1. The molecule has 2 unspecified atom stereocenters. The van der Waals surface area contributed by atoms with E-state index in [1.165, 1.54) is 19.2 Å². The molecule has 1 heterocycles. The number of nitrogens with one attached hydrogen (secondary N) is 1. The van der Waals surface area contributed by atoms with Crippen LogP contribution in [0.4, 0.5) is 4.39 Å². The highest BCUT2D eigenvalue weighted by molar-refractivity contribution is 5.97. The molecule has 1 amide bonds. The van der Waals surface area contributed by atoms with Crippen LogP contribution in [-0.2, 0) is 14.3 Å². The number of allylic oxidation sites excluding steroid dienone is 1. The largest absolute Gasteiger partial charge is 0.489 e. The molecule has 186 valence electrons. The van der Waals surface area contributed by atoms with Crippen LogP contribution in [0.15, 0.2) is 66.3 Å². The van der Waals surface area contributed by atoms with Crippen molar-refractivity contribution in [2.75, 3.05) is 26.8 Å². The maximum Gasteiger partial charge on any atom is 0.217 e. The van der Waals surface area contributed by atoms with E-state index >= 15 is 4.39 Å². The summed E-state index contributed by atoms with van der Waals surface area (Å²) in [5, 5.41) is 2.85. The molecular formula is C26H36FN3O4. The molecule has 1 N–H and O–H groups in total. The number of amides is 1. The summed E-state index contributed by atoms with van der Waals surface area (Å²) in [6.07, 6.45) is 3.20. The van der Waals surface area contributed by atoms with Crippen molar-refractivity contribution >= 4 is 11.7 Å². The van der Waals surface area contributed by atoms with Gasteiger partial charge in [0.25, 0.3) is 0 Å². The van der Waals surface area contributed by atoms with Crippen molar-refractivity contribution in [3.8, 4) is 5.75 Å². The fourth-order valence-electron chi connectivity index (χ4n) is 3.43. The molecular weight excluding hydrogens is 437 g/mol. The number of ether oxygens (including phenoxy) is 3. The second-order valence-electron chi connectivity index (χ2n) is 8.74. The van der Waals surface area contributed by atoms with Gasteiger partial charge in [-0.05, 0) is 44.5 Å². The number of hydrogen-bond acceptors (Lipinski definition) is 5. The smallest absolute Gasteiger partial charge is 0.217 e. The molecule has 1 aliphatic heterocycles. The summed E-state index contributed by atoms with van der Waals surface area (Å²) >= 11 is 0. The standard InChI is InChI=1S/C26H36FN3O4/c1-8-23(33-17-26(5,6)32-7)24(27)25(28-9-2)30-15-14-22(16-30)34-21-12-10-20(11-13-21)18(3)29-19(4)31/h8-13,18,22H,1-2,14-17H2,3-7H3,(H,29,31). The molecule has 1 aromatic rings. The molecule has 34 heavy (non-hydrogen) atoms. The molecule has 0 spiro atoms. The van der Waals surface area contributed by atoms with Crippen LogP contribution in [0.2, 0.25) is 0 Å². The zero-order valence-electron chi connectivity index (χ0n) is 20.8. The Hall–Kier alpha value is -3.13. The lowest BCUT2D eigenvalue weighted by Gasteiger charge is -2.24. The number of benzene rings is 1. The molecule has 0 aromatic heterocycles. The average molecular weight is 474 g/mol. The number of carbonyl (C=O) groups excluding carboxylic acids is 1. The predicted molar refractivity (Wildman–Crippen MR) is 132 cm³/mol. The Kier molecular flexibility index (Phi) is 9.86. The first-order valence-electron chi connectivity index (χ1n) is 11.3. The maximum atomic E-state index is 15.4. The van der Waals surface area contributed by atoms with E-state index in [1.54, 1.807) is 7.11 Å². The number of amidine groups is 1. The van der Waals surface area contributed by atoms with Gasteiger partial charge in [-0.25, -0.2) is 4.99 Å². The van der Waals surface area contributed by atoms with E-state index in [0.29, 0.717) is 25.3 Å². The zero-order valence-corrected chi connectivity index (χ0v) is 20.8. The molecule has 2 rings (SSSR count). The Morgan fingerprint density at radius 2 is 2.03 bits per heavy atom. The number of halogens is 1. The van der Waals surface area contributed by atoms with E-state index < -0.39 is 11.4 Å². The molecule has 1 aliphatic rings. The van der Waals surface area contributed by atoms with Crippen molar-refractivity contribution in [3.05, 3.63) is 66.8 Å². The predicted octanol–water partition coefficient (Wildman–Crippen LogP) is 4.69. The van der Waals surface area contributed by atoms with E-state index in [-0.39, 0.29) is 36.3 Å². The Morgan fingerprint density at radius 1 is 1.35 bits per heavy atom. The van der Waals surface area contributed by atoms with Gasteiger partial charge in [0.05, 0.1) is 18.2 Å². The Bertz CT molecular complexity index is 924. The molecule has 1 fully saturated rings. The maximum absolute atomic E-state index is 15.4. The van der Waals surface area contributed by atoms with E-state index in [9.17, 15) is 4.79 Å². The number of rotatable bonds is 11. The highest BCUT2D eigenvalue weighted by Crippen LogP contribution is 2.24. The highest BCUT2D eigenvalue weighted by Gasteiger charge is 2.30. The van der Waals surface area contributed by atoms with Gasteiger partial charge in [0.15, 0.2) is 11.6 Å². The Labute approximate surface area is 202 Å². The molecule has 2 atom stereocenters. The molecule has 0 bridgehead atoms. The number of nitrogens with zero attached hydrogens (tertiary/aromatic N) is 2. The summed E-state index contributed by atoms with van der Waals surface area (Å²) in [7, 11) is 1.57. The minimum Gasteiger partial charge on any atom is -0.489 e. The molecule has 0 radical (unpaired) electrons. The second kappa shape index (κ2) is 12.4. The Morgan fingerprint density at radius 3 is 2.59 bits per heavy atom. The van der Waals surface area contributed by atoms with Crippen molar-refractivity contribution in [3.63, 3.8) is 0 Å². The number of carbonyl (C=O) groups is 1. The third-order valence-electron chi connectivity index (χ3n) is 5.49. The molecule has 8 heteroatoms. The monoisotopic (exact) mass is 473 g/mol. The topological polar surface area (TPSA) is 72.4 Å². The summed E-state index contributed by atoms with van der Waals surface area (Å²) < 4.78 is 32.4. The minimum atomic E-state index is -0.612. The van der Waals surface area contributed by atoms with Gasteiger partial charge >= 0.3 is 0 Å². The first-order valence-corrected chi connectivity index (χ1v) is 11.3. The van der Waals surface area contributed by atoms with E-state index in [0.717, 1.165) is 5.56 Å². The van der Waals surface area contributed by atoms with Gasteiger partial charge in [-0.3, -0.25) is 4.79 Å². The van der Waals surface area contributed by atoms with E-state index in [2.05, 4.69) is 23.5 Å².